The van der Waals surface area contributed by atoms with E-state index in [1.165, 1.54) is 9.13 Å². The van der Waals surface area contributed by atoms with E-state index in [1.54, 1.807) is 0 Å². The zero-order valence-electron chi connectivity index (χ0n) is 9.91. The topological polar surface area (TPSA) is 32.3 Å². The Kier molecular flexibility index (Phi) is 6.31. The zero-order valence-corrected chi connectivity index (χ0v) is 12.1. The minimum absolute atomic E-state index is 0.282. The maximum Gasteiger partial charge on any atom is 0.0431 e. The average Bonchev–Trinajstić information content (AvgIpc) is 2.27. The van der Waals surface area contributed by atoms with Crippen LogP contribution in [-0.2, 0) is 0 Å². The van der Waals surface area contributed by atoms with Gasteiger partial charge in [-0.2, -0.15) is 0 Å². The molecule has 0 aliphatic heterocycles. The van der Waals surface area contributed by atoms with Gasteiger partial charge < -0.3 is 10.4 Å². The third-order valence-corrected chi connectivity index (χ3v) is 3.42. The van der Waals surface area contributed by atoms with Crippen LogP contribution in [0.4, 0.5) is 0 Å². The molecule has 0 aromatic heterocycles. The summed E-state index contributed by atoms with van der Waals surface area (Å²) in [6, 6.07) is 9.40. The van der Waals surface area contributed by atoms with Crippen LogP contribution < -0.4 is 5.32 Å². The molecule has 0 saturated carbocycles. The van der Waals surface area contributed by atoms with Crippen molar-refractivity contribution in [1.29, 1.82) is 0 Å². The Labute approximate surface area is 112 Å². The summed E-state index contributed by atoms with van der Waals surface area (Å²) in [5, 5.41) is 12.3. The first-order chi connectivity index (χ1) is 7.63. The summed E-state index contributed by atoms with van der Waals surface area (Å²) in [5.74, 6) is 0. The van der Waals surface area contributed by atoms with Gasteiger partial charge in [0.1, 0.15) is 0 Å². The highest BCUT2D eigenvalue weighted by atomic mass is 127. The Morgan fingerprint density at radius 2 is 1.88 bits per heavy atom. The molecular formula is C13H20INO. The van der Waals surface area contributed by atoms with Crippen molar-refractivity contribution in [3.8, 4) is 0 Å². The molecule has 0 fully saturated rings. The van der Waals surface area contributed by atoms with Gasteiger partial charge in [-0.05, 0) is 67.0 Å². The molecule has 2 unspecified atom stereocenters. The first kappa shape index (κ1) is 13.9. The van der Waals surface area contributed by atoms with E-state index in [0.29, 0.717) is 12.1 Å². The molecule has 2 atom stereocenters. The molecule has 0 amide bonds. The molecule has 90 valence electrons. The number of aliphatic hydroxyl groups excluding tert-OH is 1. The first-order valence-electron chi connectivity index (χ1n) is 5.76. The van der Waals surface area contributed by atoms with Gasteiger partial charge in [-0.15, -0.1) is 0 Å². The molecule has 2 nitrogen and oxygen atoms in total. The zero-order chi connectivity index (χ0) is 12.0. The second kappa shape index (κ2) is 7.25. The highest BCUT2D eigenvalue weighted by Gasteiger charge is 2.08. The Hall–Kier alpha value is -0.130. The van der Waals surface area contributed by atoms with Crippen molar-refractivity contribution >= 4 is 22.6 Å². The third kappa shape index (κ3) is 4.80. The van der Waals surface area contributed by atoms with E-state index in [2.05, 4.69) is 66.0 Å². The molecule has 1 rings (SSSR count). The van der Waals surface area contributed by atoms with Gasteiger partial charge in [0.25, 0.3) is 0 Å². The Morgan fingerprint density at radius 1 is 1.25 bits per heavy atom. The van der Waals surface area contributed by atoms with Gasteiger partial charge in [0.2, 0.25) is 0 Å². The number of rotatable bonds is 6. The number of hydrogen-bond acceptors (Lipinski definition) is 2. The van der Waals surface area contributed by atoms with Crippen LogP contribution in [-0.4, -0.2) is 17.8 Å². The summed E-state index contributed by atoms with van der Waals surface area (Å²) >= 11 is 2.32. The van der Waals surface area contributed by atoms with Gasteiger partial charge in [0, 0.05) is 22.3 Å². The third-order valence-electron chi connectivity index (χ3n) is 2.70. The maximum absolute atomic E-state index is 8.77. The average molecular weight is 333 g/mol. The number of halogens is 1. The van der Waals surface area contributed by atoms with Crippen molar-refractivity contribution in [2.75, 3.05) is 6.61 Å². The molecular weight excluding hydrogens is 313 g/mol. The van der Waals surface area contributed by atoms with Gasteiger partial charge in [0.05, 0.1) is 0 Å². The summed E-state index contributed by atoms with van der Waals surface area (Å²) in [7, 11) is 0. The molecule has 2 N–H and O–H groups in total. The Bertz CT molecular complexity index is 299. The maximum atomic E-state index is 8.77. The fourth-order valence-corrected chi connectivity index (χ4v) is 2.11. The number of nitrogens with one attached hydrogen (secondary N) is 1. The van der Waals surface area contributed by atoms with E-state index in [0.717, 1.165) is 12.8 Å². The van der Waals surface area contributed by atoms with E-state index < -0.39 is 0 Å². The van der Waals surface area contributed by atoms with Crippen molar-refractivity contribution in [3.05, 3.63) is 33.4 Å². The van der Waals surface area contributed by atoms with Gasteiger partial charge >= 0.3 is 0 Å². The van der Waals surface area contributed by atoms with Crippen molar-refractivity contribution < 1.29 is 5.11 Å². The number of benzene rings is 1. The Balaban J connectivity index is 2.45. The van der Waals surface area contributed by atoms with Crippen molar-refractivity contribution in [3.63, 3.8) is 0 Å². The highest BCUT2D eigenvalue weighted by molar-refractivity contribution is 14.1. The van der Waals surface area contributed by atoms with Crippen LogP contribution in [0.2, 0.25) is 0 Å². The monoisotopic (exact) mass is 333 g/mol. The SMILES string of the molecule is CC(CCCO)NC(C)c1ccc(I)cc1. The van der Waals surface area contributed by atoms with Crippen LogP contribution >= 0.6 is 22.6 Å². The summed E-state index contributed by atoms with van der Waals surface area (Å²) in [6.07, 6.45) is 1.89. The normalized spacial score (nSPS) is 14.8. The minimum Gasteiger partial charge on any atom is -0.396 e. The predicted octanol–water partition coefficient (Wildman–Crippen LogP) is 3.10. The van der Waals surface area contributed by atoms with Crippen LogP contribution in [0.15, 0.2) is 24.3 Å². The molecule has 0 radical (unpaired) electrons. The van der Waals surface area contributed by atoms with Crippen LogP contribution in [0.1, 0.15) is 38.3 Å². The molecule has 1 aromatic carbocycles. The highest BCUT2D eigenvalue weighted by Crippen LogP contribution is 2.15. The molecule has 3 heteroatoms. The molecule has 1 aromatic rings. The Morgan fingerprint density at radius 3 is 2.44 bits per heavy atom. The quantitative estimate of drug-likeness (QED) is 0.784. The fourth-order valence-electron chi connectivity index (χ4n) is 1.76. The summed E-state index contributed by atoms with van der Waals surface area (Å²) < 4.78 is 1.27. The van der Waals surface area contributed by atoms with E-state index in [-0.39, 0.29) is 6.61 Å². The molecule has 0 aliphatic carbocycles. The smallest absolute Gasteiger partial charge is 0.0431 e. The summed E-state index contributed by atoms with van der Waals surface area (Å²) in [5.41, 5.74) is 1.32. The lowest BCUT2D eigenvalue weighted by Gasteiger charge is -2.20. The van der Waals surface area contributed by atoms with Crippen molar-refractivity contribution in [1.82, 2.24) is 5.32 Å². The number of hydrogen-bond donors (Lipinski definition) is 2. The summed E-state index contributed by atoms with van der Waals surface area (Å²) in [6.45, 7) is 4.63. The largest absolute Gasteiger partial charge is 0.396 e. The van der Waals surface area contributed by atoms with E-state index in [9.17, 15) is 0 Å². The van der Waals surface area contributed by atoms with Gasteiger partial charge in [-0.3, -0.25) is 0 Å². The first-order valence-corrected chi connectivity index (χ1v) is 6.83. The lowest BCUT2D eigenvalue weighted by atomic mass is 10.1. The lowest BCUT2D eigenvalue weighted by molar-refractivity contribution is 0.274. The summed E-state index contributed by atoms with van der Waals surface area (Å²) in [4.78, 5) is 0. The fraction of sp³-hybridized carbons (Fsp3) is 0.538. The van der Waals surface area contributed by atoms with Crippen LogP contribution in [0.5, 0.6) is 0 Å². The van der Waals surface area contributed by atoms with E-state index in [1.807, 2.05) is 0 Å². The molecule has 0 aliphatic rings. The van der Waals surface area contributed by atoms with Crippen LogP contribution in [0.3, 0.4) is 0 Å². The molecule has 0 spiro atoms. The van der Waals surface area contributed by atoms with Crippen molar-refractivity contribution in [2.45, 2.75) is 38.8 Å². The standard InChI is InChI=1S/C13H20INO/c1-10(4-3-9-16)15-11(2)12-5-7-13(14)8-6-12/h5-8,10-11,15-16H,3-4,9H2,1-2H3. The van der Waals surface area contributed by atoms with Crippen LogP contribution in [0.25, 0.3) is 0 Å². The second-order valence-corrected chi connectivity index (χ2v) is 5.45. The molecule has 0 bridgehead atoms. The second-order valence-electron chi connectivity index (χ2n) is 4.21. The van der Waals surface area contributed by atoms with Gasteiger partial charge in [0.15, 0.2) is 0 Å². The molecule has 16 heavy (non-hydrogen) atoms. The molecule has 0 saturated heterocycles. The van der Waals surface area contributed by atoms with E-state index >= 15 is 0 Å². The number of aliphatic hydroxyl groups is 1. The van der Waals surface area contributed by atoms with Crippen molar-refractivity contribution in [2.24, 2.45) is 0 Å². The molecule has 0 heterocycles. The predicted molar refractivity (Wildman–Crippen MR) is 76.5 cm³/mol. The van der Waals surface area contributed by atoms with Gasteiger partial charge in [-0.25, -0.2) is 0 Å². The lowest BCUT2D eigenvalue weighted by Crippen LogP contribution is -2.29. The van der Waals surface area contributed by atoms with E-state index in [4.69, 9.17) is 5.11 Å². The minimum atomic E-state index is 0.282. The van der Waals surface area contributed by atoms with Crippen LogP contribution in [0, 0.1) is 3.57 Å². The van der Waals surface area contributed by atoms with Gasteiger partial charge in [-0.1, -0.05) is 12.1 Å².